The molecule has 1 saturated heterocycles. The van der Waals surface area contributed by atoms with E-state index in [-0.39, 0.29) is 17.8 Å². The van der Waals surface area contributed by atoms with Crippen molar-refractivity contribution in [1.29, 1.82) is 0 Å². The molecule has 4 rings (SSSR count). The Balaban J connectivity index is 1.39. The number of benzene rings is 2. The van der Waals surface area contributed by atoms with Crippen LogP contribution < -0.4 is 14.8 Å². The van der Waals surface area contributed by atoms with Gasteiger partial charge in [0, 0.05) is 18.5 Å². The number of nitrogens with one attached hydrogen (secondary N) is 1. The first-order chi connectivity index (χ1) is 14.1. The van der Waals surface area contributed by atoms with Crippen molar-refractivity contribution in [1.82, 2.24) is 5.32 Å². The molecule has 0 radical (unpaired) electrons. The van der Waals surface area contributed by atoms with Crippen LogP contribution in [0.2, 0.25) is 0 Å². The number of hydrogen-bond acceptors (Lipinski definition) is 5. The van der Waals surface area contributed by atoms with Gasteiger partial charge in [0.05, 0.1) is 17.7 Å². The van der Waals surface area contributed by atoms with Crippen LogP contribution >= 0.6 is 15.9 Å². The van der Waals surface area contributed by atoms with E-state index in [1.54, 1.807) is 13.2 Å². The normalized spacial score (nSPS) is 16.1. The van der Waals surface area contributed by atoms with Crippen LogP contribution in [0.1, 0.15) is 29.0 Å². The molecular weight excluding hydrogens is 438 g/mol. The molecule has 2 heterocycles. The van der Waals surface area contributed by atoms with Gasteiger partial charge in [0.15, 0.2) is 17.3 Å². The summed E-state index contributed by atoms with van der Waals surface area (Å²) in [6.07, 6.45) is 2.24. The zero-order chi connectivity index (χ0) is 20.2. The van der Waals surface area contributed by atoms with Crippen molar-refractivity contribution in [2.24, 2.45) is 0 Å². The number of furan rings is 1. The van der Waals surface area contributed by atoms with Crippen molar-refractivity contribution in [2.45, 2.75) is 25.5 Å². The monoisotopic (exact) mass is 459 g/mol. The number of carbonyl (C=O) groups excluding carboxylic acids is 1. The van der Waals surface area contributed by atoms with Gasteiger partial charge in [-0.05, 0) is 58.6 Å². The molecule has 1 amide bonds. The fourth-order valence-electron chi connectivity index (χ4n) is 3.31. The summed E-state index contributed by atoms with van der Waals surface area (Å²) in [6.45, 7) is 1.65. The second-order valence-electron chi connectivity index (χ2n) is 6.88. The quantitative estimate of drug-likeness (QED) is 0.554. The third-order valence-corrected chi connectivity index (χ3v) is 5.47. The molecule has 0 spiro atoms. The molecule has 1 aliphatic rings. The van der Waals surface area contributed by atoms with Crippen LogP contribution in [0.15, 0.2) is 51.4 Å². The number of fused-ring (bicyclic) bond motifs is 1. The number of methoxy groups -OCH3 is 1. The van der Waals surface area contributed by atoms with E-state index in [2.05, 4.69) is 21.2 Å². The second-order valence-corrected chi connectivity index (χ2v) is 7.74. The van der Waals surface area contributed by atoms with Crippen LogP contribution in [-0.4, -0.2) is 32.3 Å². The Bertz CT molecular complexity index is 1010. The number of carbonyl (C=O) groups is 1. The van der Waals surface area contributed by atoms with Gasteiger partial charge in [0.1, 0.15) is 12.2 Å². The van der Waals surface area contributed by atoms with Crippen molar-refractivity contribution in [2.75, 3.05) is 20.3 Å². The Kier molecular flexibility index (Phi) is 6.06. The van der Waals surface area contributed by atoms with Gasteiger partial charge in [0.2, 0.25) is 0 Å². The maximum Gasteiger partial charge on any atom is 0.287 e. The smallest absolute Gasteiger partial charge is 0.287 e. The topological polar surface area (TPSA) is 69.9 Å². The third-order valence-electron chi connectivity index (χ3n) is 4.85. The highest BCUT2D eigenvalue weighted by Crippen LogP contribution is 2.29. The summed E-state index contributed by atoms with van der Waals surface area (Å²) in [5.41, 5.74) is 1.56. The van der Waals surface area contributed by atoms with Gasteiger partial charge in [-0.2, -0.15) is 0 Å². The molecule has 6 nitrogen and oxygen atoms in total. The standard InChI is InChI=1S/C22H22BrNO5/c1-26-19-10-14(7-8-18(19)28-13-16-5-3-9-27-16)12-24-22(25)20-11-15-4-2-6-17(23)21(15)29-20/h2,4,6-8,10-11,16H,3,5,9,12-13H2,1H3,(H,24,25). The summed E-state index contributed by atoms with van der Waals surface area (Å²) in [4.78, 5) is 12.5. The number of hydrogen-bond donors (Lipinski definition) is 1. The number of amides is 1. The third kappa shape index (κ3) is 4.57. The Morgan fingerprint density at radius 2 is 2.14 bits per heavy atom. The van der Waals surface area contributed by atoms with Gasteiger partial charge in [-0.25, -0.2) is 0 Å². The van der Waals surface area contributed by atoms with Crippen molar-refractivity contribution in [3.05, 3.63) is 58.3 Å². The molecule has 2 aromatic carbocycles. The van der Waals surface area contributed by atoms with Crippen LogP contribution in [0, 0.1) is 0 Å². The molecule has 7 heteroatoms. The first-order valence-corrected chi connectivity index (χ1v) is 10.3. The van der Waals surface area contributed by atoms with Crippen LogP contribution in [0.5, 0.6) is 11.5 Å². The van der Waals surface area contributed by atoms with Gasteiger partial charge in [-0.3, -0.25) is 4.79 Å². The fourth-order valence-corrected chi connectivity index (χ4v) is 3.77. The molecule has 1 aliphatic heterocycles. The first-order valence-electron chi connectivity index (χ1n) is 9.51. The Labute approximate surface area is 177 Å². The molecule has 152 valence electrons. The molecule has 0 saturated carbocycles. The van der Waals surface area contributed by atoms with E-state index >= 15 is 0 Å². The predicted molar refractivity (Wildman–Crippen MR) is 113 cm³/mol. The number of ether oxygens (including phenoxy) is 3. The van der Waals surface area contributed by atoms with Gasteiger partial charge in [-0.15, -0.1) is 0 Å². The van der Waals surface area contributed by atoms with Crippen molar-refractivity contribution < 1.29 is 23.4 Å². The number of para-hydroxylation sites is 1. The minimum absolute atomic E-state index is 0.141. The molecule has 29 heavy (non-hydrogen) atoms. The van der Waals surface area contributed by atoms with Crippen LogP contribution in [0.4, 0.5) is 0 Å². The Morgan fingerprint density at radius 3 is 2.90 bits per heavy atom. The molecule has 1 aromatic heterocycles. The lowest BCUT2D eigenvalue weighted by Gasteiger charge is -2.15. The number of rotatable bonds is 7. The summed E-state index contributed by atoms with van der Waals surface area (Å²) in [5, 5.41) is 3.75. The maximum absolute atomic E-state index is 12.5. The van der Waals surface area contributed by atoms with Crippen LogP contribution in [-0.2, 0) is 11.3 Å². The highest BCUT2D eigenvalue weighted by Gasteiger charge is 2.18. The van der Waals surface area contributed by atoms with Gasteiger partial charge in [-0.1, -0.05) is 18.2 Å². The SMILES string of the molecule is COc1cc(CNC(=O)c2cc3cccc(Br)c3o2)ccc1OCC1CCCO1. The molecule has 3 aromatic rings. The van der Waals surface area contributed by atoms with Gasteiger partial charge < -0.3 is 23.9 Å². The molecule has 1 fully saturated rings. The molecule has 1 unspecified atom stereocenters. The van der Waals surface area contributed by atoms with E-state index in [1.165, 1.54) is 0 Å². The van der Waals surface area contributed by atoms with Crippen molar-refractivity contribution in [3.63, 3.8) is 0 Å². The van der Waals surface area contributed by atoms with Crippen LogP contribution in [0.25, 0.3) is 11.0 Å². The largest absolute Gasteiger partial charge is 0.493 e. The summed E-state index contributed by atoms with van der Waals surface area (Å²) in [6, 6.07) is 13.0. The van der Waals surface area contributed by atoms with E-state index in [4.69, 9.17) is 18.6 Å². The summed E-state index contributed by atoms with van der Waals surface area (Å²) < 4.78 is 23.4. The minimum atomic E-state index is -0.272. The lowest BCUT2D eigenvalue weighted by molar-refractivity contribution is 0.0669. The van der Waals surface area contributed by atoms with Crippen molar-refractivity contribution >= 4 is 32.8 Å². The van der Waals surface area contributed by atoms with Crippen LogP contribution in [0.3, 0.4) is 0 Å². The molecular formula is C22H22BrNO5. The lowest BCUT2D eigenvalue weighted by Crippen LogP contribution is -2.22. The maximum atomic E-state index is 12.5. The minimum Gasteiger partial charge on any atom is -0.493 e. The molecule has 1 atom stereocenters. The van der Waals surface area contributed by atoms with E-state index in [0.29, 0.717) is 30.2 Å². The van der Waals surface area contributed by atoms with Crippen molar-refractivity contribution in [3.8, 4) is 11.5 Å². The highest BCUT2D eigenvalue weighted by atomic mass is 79.9. The molecule has 1 N–H and O–H groups in total. The summed E-state index contributed by atoms with van der Waals surface area (Å²) >= 11 is 3.43. The van der Waals surface area contributed by atoms with E-state index in [1.807, 2.05) is 36.4 Å². The van der Waals surface area contributed by atoms with Gasteiger partial charge in [0.25, 0.3) is 5.91 Å². The van der Waals surface area contributed by atoms with E-state index in [9.17, 15) is 4.79 Å². The predicted octanol–water partition coefficient (Wildman–Crippen LogP) is 4.69. The van der Waals surface area contributed by atoms with E-state index < -0.39 is 0 Å². The van der Waals surface area contributed by atoms with E-state index in [0.717, 1.165) is 34.9 Å². The number of halogens is 1. The summed E-state index contributed by atoms with van der Waals surface area (Å²) in [5.74, 6) is 1.30. The molecule has 0 bridgehead atoms. The second kappa shape index (κ2) is 8.88. The fraction of sp³-hybridized carbons (Fsp3) is 0.318. The summed E-state index contributed by atoms with van der Waals surface area (Å²) in [7, 11) is 1.60. The highest BCUT2D eigenvalue weighted by molar-refractivity contribution is 9.10. The first kappa shape index (κ1) is 19.8. The molecule has 0 aliphatic carbocycles. The Hall–Kier alpha value is -2.51. The average molecular weight is 460 g/mol. The average Bonchev–Trinajstić information content (AvgIpc) is 3.41. The lowest BCUT2D eigenvalue weighted by atomic mass is 10.2. The zero-order valence-electron chi connectivity index (χ0n) is 16.1. The Morgan fingerprint density at radius 1 is 1.24 bits per heavy atom. The van der Waals surface area contributed by atoms with Gasteiger partial charge >= 0.3 is 0 Å². The zero-order valence-corrected chi connectivity index (χ0v) is 17.7.